The number of carbonyl (C=O) groups excluding carboxylic acids is 1. The van der Waals surface area contributed by atoms with Crippen LogP contribution in [-0.4, -0.2) is 10.8 Å². The SMILES string of the molecule is O=C(c1ccc(F)c(F)c1)c1ccncc1Cl. The molecule has 0 spiro atoms. The maximum absolute atomic E-state index is 13.0. The molecule has 1 aromatic carbocycles. The Morgan fingerprint density at radius 2 is 1.94 bits per heavy atom. The van der Waals surface area contributed by atoms with Gasteiger partial charge in [0.05, 0.1) is 5.02 Å². The molecular formula is C12H6ClF2NO. The van der Waals surface area contributed by atoms with E-state index in [0.717, 1.165) is 12.1 Å². The fourth-order valence-electron chi connectivity index (χ4n) is 1.35. The molecule has 0 aliphatic carbocycles. The van der Waals surface area contributed by atoms with Crippen molar-refractivity contribution in [3.05, 3.63) is 64.4 Å². The molecule has 86 valence electrons. The van der Waals surface area contributed by atoms with Crippen molar-refractivity contribution in [2.24, 2.45) is 0 Å². The highest BCUT2D eigenvalue weighted by Crippen LogP contribution is 2.19. The van der Waals surface area contributed by atoms with E-state index in [1.54, 1.807) is 0 Å². The number of halogens is 3. The summed E-state index contributed by atoms with van der Waals surface area (Å²) in [5, 5.41) is 0.169. The lowest BCUT2D eigenvalue weighted by atomic mass is 10.0. The summed E-state index contributed by atoms with van der Waals surface area (Å²) in [6.07, 6.45) is 2.72. The van der Waals surface area contributed by atoms with E-state index in [0.29, 0.717) is 0 Å². The van der Waals surface area contributed by atoms with Crippen LogP contribution in [0, 0.1) is 11.6 Å². The van der Waals surface area contributed by atoms with Crippen LogP contribution in [0.5, 0.6) is 0 Å². The van der Waals surface area contributed by atoms with Crippen LogP contribution in [0.3, 0.4) is 0 Å². The highest BCUT2D eigenvalue weighted by atomic mass is 35.5. The third kappa shape index (κ3) is 2.31. The van der Waals surface area contributed by atoms with Gasteiger partial charge in [-0.1, -0.05) is 11.6 Å². The van der Waals surface area contributed by atoms with Gasteiger partial charge < -0.3 is 0 Å². The number of benzene rings is 1. The third-order valence-electron chi connectivity index (χ3n) is 2.20. The molecule has 0 unspecified atom stereocenters. The van der Waals surface area contributed by atoms with E-state index in [1.165, 1.54) is 24.5 Å². The summed E-state index contributed by atoms with van der Waals surface area (Å²) in [5.74, 6) is -2.54. The standard InChI is InChI=1S/C12H6ClF2NO/c13-9-6-16-4-3-8(9)12(17)7-1-2-10(14)11(15)5-7/h1-6H. The molecule has 0 radical (unpaired) electrons. The molecule has 2 aromatic rings. The maximum atomic E-state index is 13.0. The predicted molar refractivity (Wildman–Crippen MR) is 59.0 cm³/mol. The molecule has 1 aromatic heterocycles. The number of ketones is 1. The fourth-order valence-corrected chi connectivity index (χ4v) is 1.56. The second kappa shape index (κ2) is 4.59. The Balaban J connectivity index is 2.44. The van der Waals surface area contributed by atoms with Crippen LogP contribution in [-0.2, 0) is 0 Å². The van der Waals surface area contributed by atoms with Gasteiger partial charge in [0.15, 0.2) is 17.4 Å². The number of rotatable bonds is 2. The highest BCUT2D eigenvalue weighted by Gasteiger charge is 2.14. The summed E-state index contributed by atoms with van der Waals surface area (Å²) in [5.41, 5.74) is 0.240. The summed E-state index contributed by atoms with van der Waals surface area (Å²) in [7, 11) is 0. The lowest BCUT2D eigenvalue weighted by Crippen LogP contribution is -2.03. The number of aromatic nitrogens is 1. The molecule has 2 rings (SSSR count). The number of hydrogen-bond donors (Lipinski definition) is 0. The molecule has 0 amide bonds. The van der Waals surface area contributed by atoms with E-state index in [1.807, 2.05) is 0 Å². The van der Waals surface area contributed by atoms with E-state index in [2.05, 4.69) is 4.98 Å². The molecule has 0 aliphatic rings. The van der Waals surface area contributed by atoms with Crippen molar-refractivity contribution in [2.45, 2.75) is 0 Å². The molecule has 0 N–H and O–H groups in total. The van der Waals surface area contributed by atoms with Crippen LogP contribution in [0.4, 0.5) is 8.78 Å². The zero-order valence-electron chi connectivity index (χ0n) is 8.45. The van der Waals surface area contributed by atoms with Crippen molar-refractivity contribution < 1.29 is 13.6 Å². The van der Waals surface area contributed by atoms with Crippen molar-refractivity contribution >= 4 is 17.4 Å². The molecule has 0 aliphatic heterocycles. The van der Waals surface area contributed by atoms with Gasteiger partial charge >= 0.3 is 0 Å². The van der Waals surface area contributed by atoms with Crippen LogP contribution in [0.1, 0.15) is 15.9 Å². The van der Waals surface area contributed by atoms with Gasteiger partial charge in [0.2, 0.25) is 0 Å². The van der Waals surface area contributed by atoms with Crippen LogP contribution >= 0.6 is 11.6 Å². The average Bonchev–Trinajstić information content (AvgIpc) is 2.32. The van der Waals surface area contributed by atoms with E-state index < -0.39 is 17.4 Å². The van der Waals surface area contributed by atoms with Gasteiger partial charge in [-0.05, 0) is 24.3 Å². The minimum atomic E-state index is -1.07. The van der Waals surface area contributed by atoms with Crippen molar-refractivity contribution in [3.63, 3.8) is 0 Å². The lowest BCUT2D eigenvalue weighted by molar-refractivity contribution is 0.103. The van der Waals surface area contributed by atoms with Crippen LogP contribution in [0.25, 0.3) is 0 Å². The summed E-state index contributed by atoms with van der Waals surface area (Å²) < 4.78 is 25.7. The first-order chi connectivity index (χ1) is 8.09. The Bertz CT molecular complexity index is 586. The number of nitrogens with zero attached hydrogens (tertiary/aromatic N) is 1. The molecule has 0 fully saturated rings. The quantitative estimate of drug-likeness (QED) is 0.769. The van der Waals surface area contributed by atoms with Crippen molar-refractivity contribution in [2.75, 3.05) is 0 Å². The molecule has 0 saturated carbocycles. The summed E-state index contributed by atoms with van der Waals surface area (Å²) in [6, 6.07) is 4.37. The zero-order chi connectivity index (χ0) is 12.4. The van der Waals surface area contributed by atoms with Gasteiger partial charge in [-0.2, -0.15) is 0 Å². The smallest absolute Gasteiger partial charge is 0.194 e. The molecular weight excluding hydrogens is 248 g/mol. The molecule has 0 bridgehead atoms. The largest absolute Gasteiger partial charge is 0.289 e. The third-order valence-corrected chi connectivity index (χ3v) is 2.50. The topological polar surface area (TPSA) is 30.0 Å². The van der Waals surface area contributed by atoms with Gasteiger partial charge in [-0.25, -0.2) is 8.78 Å². The second-order valence-corrected chi connectivity index (χ2v) is 3.72. The lowest BCUT2D eigenvalue weighted by Gasteiger charge is -2.03. The van der Waals surface area contributed by atoms with Crippen LogP contribution in [0.15, 0.2) is 36.7 Å². The first-order valence-electron chi connectivity index (χ1n) is 4.69. The van der Waals surface area contributed by atoms with E-state index in [4.69, 9.17) is 11.6 Å². The van der Waals surface area contributed by atoms with Crippen molar-refractivity contribution in [3.8, 4) is 0 Å². The first-order valence-corrected chi connectivity index (χ1v) is 5.06. The molecule has 5 heteroatoms. The fraction of sp³-hybridized carbons (Fsp3) is 0. The monoisotopic (exact) mass is 253 g/mol. The second-order valence-electron chi connectivity index (χ2n) is 3.31. The highest BCUT2D eigenvalue weighted by molar-refractivity contribution is 6.34. The Morgan fingerprint density at radius 3 is 2.59 bits per heavy atom. The summed E-state index contributed by atoms with van der Waals surface area (Å²) in [4.78, 5) is 15.7. The Hall–Kier alpha value is -1.81. The molecule has 17 heavy (non-hydrogen) atoms. The molecule has 0 atom stereocenters. The van der Waals surface area contributed by atoms with E-state index in [9.17, 15) is 13.6 Å². The van der Waals surface area contributed by atoms with Crippen LogP contribution in [0.2, 0.25) is 5.02 Å². The molecule has 0 saturated heterocycles. The zero-order valence-corrected chi connectivity index (χ0v) is 9.21. The average molecular weight is 254 g/mol. The minimum absolute atomic E-state index is 0.0389. The van der Waals surface area contributed by atoms with Crippen LogP contribution < -0.4 is 0 Å². The van der Waals surface area contributed by atoms with E-state index >= 15 is 0 Å². The predicted octanol–water partition coefficient (Wildman–Crippen LogP) is 3.24. The number of carbonyl (C=O) groups is 1. The van der Waals surface area contributed by atoms with Gasteiger partial charge in [0.25, 0.3) is 0 Å². The normalized spacial score (nSPS) is 10.3. The van der Waals surface area contributed by atoms with E-state index in [-0.39, 0.29) is 16.1 Å². The Morgan fingerprint density at radius 1 is 1.18 bits per heavy atom. The van der Waals surface area contributed by atoms with Gasteiger partial charge in [-0.15, -0.1) is 0 Å². The minimum Gasteiger partial charge on any atom is -0.289 e. The Kier molecular flexibility index (Phi) is 3.15. The molecule has 2 nitrogen and oxygen atoms in total. The van der Waals surface area contributed by atoms with Gasteiger partial charge in [0, 0.05) is 23.5 Å². The summed E-state index contributed by atoms with van der Waals surface area (Å²) in [6.45, 7) is 0. The van der Waals surface area contributed by atoms with Crippen molar-refractivity contribution in [1.29, 1.82) is 0 Å². The number of pyridine rings is 1. The first kappa shape index (κ1) is 11.7. The van der Waals surface area contributed by atoms with Crippen molar-refractivity contribution in [1.82, 2.24) is 4.98 Å². The maximum Gasteiger partial charge on any atom is 0.194 e. The van der Waals surface area contributed by atoms with Gasteiger partial charge in [0.1, 0.15) is 0 Å². The Labute approximate surface area is 101 Å². The number of hydrogen-bond acceptors (Lipinski definition) is 2. The summed E-state index contributed by atoms with van der Waals surface area (Å²) >= 11 is 5.79. The van der Waals surface area contributed by atoms with Gasteiger partial charge in [-0.3, -0.25) is 9.78 Å². The molecule has 1 heterocycles.